The van der Waals surface area contributed by atoms with E-state index in [4.69, 9.17) is 27.3 Å². The fraction of sp³-hybridized carbons (Fsp3) is 0.176. The van der Waals surface area contributed by atoms with E-state index in [-0.39, 0.29) is 0 Å². The van der Waals surface area contributed by atoms with Gasteiger partial charge >= 0.3 is 0 Å². The van der Waals surface area contributed by atoms with Crippen LogP contribution in [-0.4, -0.2) is 16.9 Å². The van der Waals surface area contributed by atoms with Gasteiger partial charge in [0, 0.05) is 11.3 Å². The first-order valence-corrected chi connectivity index (χ1v) is 7.28. The third kappa shape index (κ3) is 3.38. The Morgan fingerprint density at radius 1 is 1.57 bits per heavy atom. The lowest BCUT2D eigenvalue weighted by Crippen LogP contribution is -2.06. The highest BCUT2D eigenvalue weighted by Gasteiger charge is 2.16. The van der Waals surface area contributed by atoms with Crippen molar-refractivity contribution in [2.24, 2.45) is 0 Å². The van der Waals surface area contributed by atoms with E-state index >= 15 is 0 Å². The van der Waals surface area contributed by atoms with Crippen molar-refractivity contribution < 1.29 is 4.74 Å². The van der Waals surface area contributed by atoms with E-state index in [1.165, 1.54) is 0 Å². The van der Waals surface area contributed by atoms with Gasteiger partial charge in [0.25, 0.3) is 0 Å². The molecule has 2 rings (SSSR count). The van der Waals surface area contributed by atoms with E-state index in [0.29, 0.717) is 22.9 Å². The number of aromatic nitrogens is 2. The summed E-state index contributed by atoms with van der Waals surface area (Å²) in [6.45, 7) is 6.03. The second-order valence-electron chi connectivity index (χ2n) is 4.88. The molecule has 0 radical (unpaired) electrons. The van der Waals surface area contributed by atoms with Crippen molar-refractivity contribution in [3.8, 4) is 17.2 Å². The van der Waals surface area contributed by atoms with Gasteiger partial charge in [-0.1, -0.05) is 30.3 Å². The van der Waals surface area contributed by atoms with Crippen LogP contribution in [-0.2, 0) is 11.3 Å². The number of anilines is 1. The number of hydrogen-bond donors (Lipinski definition) is 1. The normalized spacial score (nSPS) is 11.1. The van der Waals surface area contributed by atoms with Crippen LogP contribution in [0.15, 0.2) is 42.7 Å². The molecule has 5 nitrogen and oxygen atoms in total. The fourth-order valence-corrected chi connectivity index (χ4v) is 2.53. The van der Waals surface area contributed by atoms with E-state index in [9.17, 15) is 0 Å². The van der Waals surface area contributed by atoms with Crippen molar-refractivity contribution in [1.29, 1.82) is 5.26 Å². The molecule has 0 saturated heterocycles. The lowest BCUT2D eigenvalue weighted by Gasteiger charge is -2.08. The predicted octanol–water partition coefficient (Wildman–Crippen LogP) is 3.68. The summed E-state index contributed by atoms with van der Waals surface area (Å²) >= 11 is 6.11. The zero-order chi connectivity index (χ0) is 17.0. The Hall–Kier alpha value is -2.71. The van der Waals surface area contributed by atoms with Gasteiger partial charge in [-0.05, 0) is 30.7 Å². The zero-order valence-corrected chi connectivity index (χ0v) is 13.8. The summed E-state index contributed by atoms with van der Waals surface area (Å²) in [5, 5.41) is 13.7. The summed E-state index contributed by atoms with van der Waals surface area (Å²) in [6, 6.07) is 7.25. The molecule has 0 spiro atoms. The van der Waals surface area contributed by atoms with Crippen LogP contribution in [0, 0.1) is 18.3 Å². The van der Waals surface area contributed by atoms with Gasteiger partial charge in [0.1, 0.15) is 11.8 Å². The molecule has 2 N–H and O–H groups in total. The quantitative estimate of drug-likeness (QED) is 0.671. The molecule has 2 aromatic rings. The van der Waals surface area contributed by atoms with Gasteiger partial charge < -0.3 is 10.5 Å². The van der Waals surface area contributed by atoms with E-state index < -0.39 is 0 Å². The minimum Gasteiger partial charge on any atom is -0.499 e. The Morgan fingerprint density at radius 2 is 2.30 bits per heavy atom. The first-order chi connectivity index (χ1) is 11.0. The smallest absolute Gasteiger partial charge is 0.153 e. The monoisotopic (exact) mass is 328 g/mol. The van der Waals surface area contributed by atoms with Gasteiger partial charge in [-0.25, -0.2) is 0 Å². The number of halogens is 1. The van der Waals surface area contributed by atoms with Crippen LogP contribution in [0.3, 0.4) is 0 Å². The summed E-state index contributed by atoms with van der Waals surface area (Å²) in [5.41, 5.74) is 8.99. The Bertz CT molecular complexity index is 815. The SMILES string of the molecule is C=C/C=C(/Cn1nc(N)c(-c2ccc(C#N)c(Cl)c2)c1C)OC. The maximum absolute atomic E-state index is 8.97. The van der Waals surface area contributed by atoms with Gasteiger partial charge in [0.05, 0.1) is 24.2 Å². The lowest BCUT2D eigenvalue weighted by molar-refractivity contribution is 0.266. The van der Waals surface area contributed by atoms with Crippen molar-refractivity contribution >= 4 is 17.4 Å². The second-order valence-corrected chi connectivity index (χ2v) is 5.29. The summed E-state index contributed by atoms with van der Waals surface area (Å²) < 4.78 is 7.04. The minimum absolute atomic E-state index is 0.390. The van der Waals surface area contributed by atoms with Crippen LogP contribution in [0.1, 0.15) is 11.3 Å². The molecular formula is C17H17ClN4O. The summed E-state index contributed by atoms with van der Waals surface area (Å²) in [5.74, 6) is 1.12. The Kier molecular flexibility index (Phi) is 5.09. The number of nitrogens with zero attached hydrogens (tertiary/aromatic N) is 3. The van der Waals surface area contributed by atoms with Crippen molar-refractivity contribution in [3.05, 3.63) is 59.0 Å². The van der Waals surface area contributed by atoms with Gasteiger partial charge in [-0.3, -0.25) is 4.68 Å². The molecule has 0 atom stereocenters. The molecule has 1 aromatic carbocycles. The number of nitrogen functional groups attached to an aromatic ring is 1. The van der Waals surface area contributed by atoms with E-state index in [1.807, 2.05) is 19.1 Å². The number of hydrogen-bond acceptors (Lipinski definition) is 4. The van der Waals surface area contributed by atoms with Crippen LogP contribution in [0.25, 0.3) is 11.1 Å². The Labute approximate surface area is 140 Å². The highest BCUT2D eigenvalue weighted by atomic mass is 35.5. The summed E-state index contributed by atoms with van der Waals surface area (Å²) in [7, 11) is 1.60. The molecule has 23 heavy (non-hydrogen) atoms. The van der Waals surface area contributed by atoms with E-state index in [2.05, 4.69) is 11.7 Å². The molecule has 0 bridgehead atoms. The van der Waals surface area contributed by atoms with Crippen molar-refractivity contribution in [3.63, 3.8) is 0 Å². The van der Waals surface area contributed by atoms with Gasteiger partial charge in [0.2, 0.25) is 0 Å². The van der Waals surface area contributed by atoms with Crippen molar-refractivity contribution in [2.75, 3.05) is 12.8 Å². The van der Waals surface area contributed by atoms with Crippen LogP contribution >= 0.6 is 11.6 Å². The first kappa shape index (κ1) is 16.7. The topological polar surface area (TPSA) is 76.9 Å². The number of nitriles is 1. The molecule has 0 aliphatic carbocycles. The third-order valence-corrected chi connectivity index (χ3v) is 3.80. The number of rotatable bonds is 5. The predicted molar refractivity (Wildman–Crippen MR) is 91.8 cm³/mol. The molecule has 0 saturated carbocycles. The number of nitrogens with two attached hydrogens (primary N) is 1. The molecule has 1 aromatic heterocycles. The highest BCUT2D eigenvalue weighted by Crippen LogP contribution is 2.32. The molecule has 0 aliphatic heterocycles. The average molecular weight is 329 g/mol. The Morgan fingerprint density at radius 3 is 2.87 bits per heavy atom. The first-order valence-electron chi connectivity index (χ1n) is 6.90. The van der Waals surface area contributed by atoms with Gasteiger partial charge in [-0.2, -0.15) is 10.4 Å². The van der Waals surface area contributed by atoms with Crippen LogP contribution in [0.2, 0.25) is 5.02 Å². The molecule has 0 fully saturated rings. The van der Waals surface area contributed by atoms with E-state index in [0.717, 1.165) is 22.6 Å². The highest BCUT2D eigenvalue weighted by molar-refractivity contribution is 6.32. The second kappa shape index (κ2) is 7.03. The van der Waals surface area contributed by atoms with Gasteiger partial charge in [-0.15, -0.1) is 0 Å². The lowest BCUT2D eigenvalue weighted by atomic mass is 10.0. The minimum atomic E-state index is 0.390. The van der Waals surface area contributed by atoms with Crippen LogP contribution in [0.4, 0.5) is 5.82 Å². The van der Waals surface area contributed by atoms with Crippen LogP contribution in [0.5, 0.6) is 0 Å². The fourth-order valence-electron chi connectivity index (χ4n) is 2.31. The molecule has 0 aliphatic rings. The standard InChI is InChI=1S/C17H17ClN4O/c1-4-5-14(23-3)10-22-11(2)16(17(20)21-22)12-6-7-13(9-19)15(18)8-12/h4-8H,1,10H2,2-3H3,(H2,20,21)/b14-5-. The summed E-state index contributed by atoms with van der Waals surface area (Å²) in [4.78, 5) is 0. The molecular weight excluding hydrogens is 312 g/mol. The maximum Gasteiger partial charge on any atom is 0.153 e. The van der Waals surface area contributed by atoms with E-state index in [1.54, 1.807) is 36.1 Å². The molecule has 0 amide bonds. The van der Waals surface area contributed by atoms with Gasteiger partial charge in [0.15, 0.2) is 5.82 Å². The molecule has 1 heterocycles. The largest absolute Gasteiger partial charge is 0.499 e. The molecule has 0 unspecified atom stereocenters. The summed E-state index contributed by atoms with van der Waals surface area (Å²) in [6.07, 6.45) is 3.43. The van der Waals surface area contributed by atoms with Crippen molar-refractivity contribution in [2.45, 2.75) is 13.5 Å². The number of allylic oxidation sites excluding steroid dienone is 3. The number of benzene rings is 1. The maximum atomic E-state index is 8.97. The van der Waals surface area contributed by atoms with Crippen molar-refractivity contribution in [1.82, 2.24) is 9.78 Å². The Balaban J connectivity index is 2.46. The molecule has 6 heteroatoms. The zero-order valence-electron chi connectivity index (χ0n) is 13.0. The third-order valence-electron chi connectivity index (χ3n) is 3.48. The average Bonchev–Trinajstić information content (AvgIpc) is 2.80. The van der Waals surface area contributed by atoms with Crippen LogP contribution < -0.4 is 5.73 Å². The number of methoxy groups -OCH3 is 1. The number of ether oxygens (including phenoxy) is 1. The molecule has 118 valence electrons.